The minimum atomic E-state index is -1.32. The number of benzene rings is 1. The SMILES string of the molecule is Cc1c(CCN(C(=O)OC(C)(C)C)C(Cl)C(N)=O)ccc2c1COC2=O. The van der Waals surface area contributed by atoms with Gasteiger partial charge in [-0.15, -0.1) is 0 Å². The molecular weight excluding hydrogens is 360 g/mol. The van der Waals surface area contributed by atoms with Crippen LogP contribution in [-0.2, 0) is 27.3 Å². The number of ether oxygens (including phenoxy) is 2. The average molecular weight is 383 g/mol. The molecule has 1 aliphatic heterocycles. The molecule has 2 amide bonds. The fourth-order valence-electron chi connectivity index (χ4n) is 2.68. The van der Waals surface area contributed by atoms with Crippen LogP contribution < -0.4 is 5.73 Å². The maximum Gasteiger partial charge on any atom is 0.411 e. The quantitative estimate of drug-likeness (QED) is 0.479. The molecule has 1 unspecified atom stereocenters. The molecule has 0 aromatic heterocycles. The number of amides is 2. The largest absolute Gasteiger partial charge is 0.457 e. The highest BCUT2D eigenvalue weighted by Crippen LogP contribution is 2.26. The van der Waals surface area contributed by atoms with Crippen molar-refractivity contribution in [1.82, 2.24) is 4.90 Å². The molecule has 1 atom stereocenters. The topological polar surface area (TPSA) is 98.9 Å². The van der Waals surface area contributed by atoms with Crippen molar-refractivity contribution in [3.8, 4) is 0 Å². The van der Waals surface area contributed by atoms with E-state index < -0.39 is 23.1 Å². The highest BCUT2D eigenvalue weighted by atomic mass is 35.5. The van der Waals surface area contributed by atoms with E-state index in [0.717, 1.165) is 21.6 Å². The van der Waals surface area contributed by atoms with Crippen LogP contribution in [-0.4, -0.2) is 40.5 Å². The number of cyclic esters (lactones) is 1. The van der Waals surface area contributed by atoms with Crippen molar-refractivity contribution in [3.63, 3.8) is 0 Å². The van der Waals surface area contributed by atoms with Gasteiger partial charge in [-0.3, -0.25) is 9.69 Å². The van der Waals surface area contributed by atoms with Crippen LogP contribution in [0, 0.1) is 6.92 Å². The van der Waals surface area contributed by atoms with Gasteiger partial charge in [0.2, 0.25) is 0 Å². The molecule has 0 saturated carbocycles. The fraction of sp³-hybridized carbons (Fsp3) is 0.500. The lowest BCUT2D eigenvalue weighted by Crippen LogP contribution is -2.47. The summed E-state index contributed by atoms with van der Waals surface area (Å²) in [5.41, 5.74) is 6.44. The molecule has 0 saturated heterocycles. The van der Waals surface area contributed by atoms with Crippen molar-refractivity contribution in [2.24, 2.45) is 5.73 Å². The molecule has 1 aromatic rings. The molecule has 2 rings (SSSR count). The van der Waals surface area contributed by atoms with Crippen LogP contribution in [0.25, 0.3) is 0 Å². The summed E-state index contributed by atoms with van der Waals surface area (Å²) in [7, 11) is 0. The maximum atomic E-state index is 12.4. The number of hydrogen-bond acceptors (Lipinski definition) is 5. The lowest BCUT2D eigenvalue weighted by molar-refractivity contribution is -0.120. The first-order chi connectivity index (χ1) is 12.0. The molecule has 1 aliphatic rings. The van der Waals surface area contributed by atoms with E-state index in [2.05, 4.69) is 0 Å². The smallest absolute Gasteiger partial charge is 0.411 e. The van der Waals surface area contributed by atoms with Crippen molar-refractivity contribution >= 4 is 29.6 Å². The predicted octanol–water partition coefficient (Wildman–Crippen LogP) is 2.50. The van der Waals surface area contributed by atoms with Gasteiger partial charge in [-0.25, -0.2) is 9.59 Å². The third-order valence-corrected chi connectivity index (χ3v) is 4.49. The number of alkyl halides is 1. The molecule has 26 heavy (non-hydrogen) atoms. The van der Waals surface area contributed by atoms with Crippen LogP contribution >= 0.6 is 11.6 Å². The Labute approximate surface area is 157 Å². The Kier molecular flexibility index (Phi) is 5.81. The summed E-state index contributed by atoms with van der Waals surface area (Å²) in [5.74, 6) is -1.17. The first kappa shape index (κ1) is 20.0. The number of esters is 1. The number of nitrogens with zero attached hydrogens (tertiary/aromatic N) is 1. The van der Waals surface area contributed by atoms with Crippen LogP contribution in [0.2, 0.25) is 0 Å². The highest BCUT2D eigenvalue weighted by molar-refractivity contribution is 6.30. The fourth-order valence-corrected chi connectivity index (χ4v) is 2.86. The highest BCUT2D eigenvalue weighted by Gasteiger charge is 2.31. The molecule has 0 spiro atoms. The first-order valence-corrected chi connectivity index (χ1v) is 8.66. The predicted molar refractivity (Wildman–Crippen MR) is 95.8 cm³/mol. The normalized spacial score (nSPS) is 14.4. The second-order valence-corrected chi connectivity index (χ2v) is 7.53. The molecule has 0 aliphatic carbocycles. The third-order valence-electron chi connectivity index (χ3n) is 4.04. The average Bonchev–Trinajstić information content (AvgIpc) is 2.89. The summed E-state index contributed by atoms with van der Waals surface area (Å²) < 4.78 is 10.3. The summed E-state index contributed by atoms with van der Waals surface area (Å²) >= 11 is 6.01. The van der Waals surface area contributed by atoms with E-state index in [1.807, 2.05) is 13.0 Å². The molecule has 8 heteroatoms. The number of primary amides is 1. The van der Waals surface area contributed by atoms with Gasteiger partial charge in [0.25, 0.3) is 5.91 Å². The number of carbonyl (C=O) groups excluding carboxylic acids is 3. The molecule has 1 heterocycles. The second kappa shape index (κ2) is 7.53. The van der Waals surface area contributed by atoms with Crippen molar-refractivity contribution in [2.45, 2.75) is 51.8 Å². The molecule has 0 bridgehead atoms. The van der Waals surface area contributed by atoms with Gasteiger partial charge >= 0.3 is 12.1 Å². The summed E-state index contributed by atoms with van der Waals surface area (Å²) in [6.45, 7) is 7.43. The summed E-state index contributed by atoms with van der Waals surface area (Å²) in [6.07, 6.45) is -0.295. The third kappa shape index (κ3) is 4.46. The van der Waals surface area contributed by atoms with Gasteiger partial charge < -0.3 is 15.2 Å². The van der Waals surface area contributed by atoms with Gasteiger partial charge in [0.1, 0.15) is 12.2 Å². The number of nitrogens with two attached hydrogens (primary N) is 1. The zero-order valence-corrected chi connectivity index (χ0v) is 16.1. The van der Waals surface area contributed by atoms with Crippen molar-refractivity contribution in [1.29, 1.82) is 0 Å². The Morgan fingerprint density at radius 3 is 2.62 bits per heavy atom. The van der Waals surface area contributed by atoms with Crippen molar-refractivity contribution < 1.29 is 23.9 Å². The summed E-state index contributed by atoms with van der Waals surface area (Å²) in [6, 6.07) is 3.51. The molecule has 0 fully saturated rings. The second-order valence-electron chi connectivity index (χ2n) is 7.11. The monoisotopic (exact) mass is 382 g/mol. The van der Waals surface area contributed by atoms with Crippen LogP contribution in [0.1, 0.15) is 47.8 Å². The summed E-state index contributed by atoms with van der Waals surface area (Å²) in [4.78, 5) is 36.6. The van der Waals surface area contributed by atoms with E-state index in [1.165, 1.54) is 0 Å². The van der Waals surface area contributed by atoms with E-state index >= 15 is 0 Å². The van der Waals surface area contributed by atoms with Crippen molar-refractivity contribution in [2.75, 3.05) is 6.54 Å². The number of fused-ring (bicyclic) bond motifs is 1. The van der Waals surface area contributed by atoms with Gasteiger partial charge in [-0.1, -0.05) is 17.7 Å². The molecule has 1 aromatic carbocycles. The van der Waals surface area contributed by atoms with Crippen LogP contribution in [0.5, 0.6) is 0 Å². The number of hydrogen-bond donors (Lipinski definition) is 1. The Bertz CT molecular complexity index is 742. The van der Waals surface area contributed by atoms with Gasteiger partial charge in [-0.05, 0) is 51.3 Å². The van der Waals surface area contributed by atoms with Gasteiger partial charge in [-0.2, -0.15) is 0 Å². The lowest BCUT2D eigenvalue weighted by atomic mass is 9.97. The van der Waals surface area contributed by atoms with Crippen LogP contribution in [0.4, 0.5) is 4.79 Å². The number of rotatable bonds is 5. The Balaban J connectivity index is 2.18. The van der Waals surface area contributed by atoms with Crippen molar-refractivity contribution in [3.05, 3.63) is 34.4 Å². The first-order valence-electron chi connectivity index (χ1n) is 8.22. The summed E-state index contributed by atoms with van der Waals surface area (Å²) in [5, 5.41) is 0. The molecule has 2 N–H and O–H groups in total. The lowest BCUT2D eigenvalue weighted by Gasteiger charge is -2.29. The molecule has 142 valence electrons. The van der Waals surface area contributed by atoms with E-state index in [0.29, 0.717) is 12.0 Å². The standard InChI is InChI=1S/C18H23ClN2O5/c1-10-11(5-6-12-13(10)9-25-16(12)23)7-8-21(14(19)15(20)22)17(24)26-18(2,3)4/h5-6,14H,7-9H2,1-4H3,(H2,20,22). The maximum absolute atomic E-state index is 12.4. The van der Waals surface area contributed by atoms with E-state index in [9.17, 15) is 14.4 Å². The van der Waals surface area contributed by atoms with Gasteiger partial charge in [0.15, 0.2) is 5.50 Å². The minimum Gasteiger partial charge on any atom is -0.457 e. The van der Waals surface area contributed by atoms with Gasteiger partial charge in [0.05, 0.1) is 5.56 Å². The Hall–Kier alpha value is -2.28. The molecule has 0 radical (unpaired) electrons. The van der Waals surface area contributed by atoms with Gasteiger partial charge in [0, 0.05) is 12.1 Å². The Morgan fingerprint density at radius 2 is 2.04 bits per heavy atom. The Morgan fingerprint density at radius 1 is 1.38 bits per heavy atom. The zero-order valence-electron chi connectivity index (χ0n) is 15.3. The zero-order chi connectivity index (χ0) is 19.6. The number of carbonyl (C=O) groups is 3. The minimum absolute atomic E-state index is 0.139. The van der Waals surface area contributed by atoms with E-state index in [1.54, 1.807) is 26.8 Å². The van der Waals surface area contributed by atoms with E-state index in [-0.39, 0.29) is 19.1 Å². The molecular formula is C18H23ClN2O5. The van der Waals surface area contributed by atoms with Crippen LogP contribution in [0.15, 0.2) is 12.1 Å². The van der Waals surface area contributed by atoms with Crippen LogP contribution in [0.3, 0.4) is 0 Å². The number of halogens is 1. The molecule has 7 nitrogen and oxygen atoms in total. The van der Waals surface area contributed by atoms with E-state index in [4.69, 9.17) is 26.8 Å².